The second kappa shape index (κ2) is 5.00. The van der Waals surface area contributed by atoms with E-state index >= 15 is 0 Å². The molecular weight excluding hydrogens is 226 g/mol. The maximum absolute atomic E-state index is 5.56. The van der Waals surface area contributed by atoms with Crippen molar-refractivity contribution in [3.63, 3.8) is 0 Å². The number of nitrogens with zero attached hydrogens (tertiary/aromatic N) is 2. The Bertz CT molecular complexity index is 386. The molecule has 0 saturated carbocycles. The number of rotatable bonds is 3. The number of piperidine rings is 1. The topological polar surface area (TPSA) is 51.0 Å². The maximum atomic E-state index is 5.56. The zero-order valence-electron chi connectivity index (χ0n) is 12.0. The van der Waals surface area contributed by atoms with E-state index < -0.39 is 0 Å². The minimum absolute atomic E-state index is 0.106. The first kappa shape index (κ1) is 13.5. The number of nitrogens with one attached hydrogen (secondary N) is 1. The molecule has 1 fully saturated rings. The fourth-order valence-electron chi connectivity index (χ4n) is 2.64. The van der Waals surface area contributed by atoms with Gasteiger partial charge in [-0.1, -0.05) is 32.9 Å². The summed E-state index contributed by atoms with van der Waals surface area (Å²) in [6.45, 7) is 10.9. The molecule has 0 bridgehead atoms. The summed E-state index contributed by atoms with van der Waals surface area (Å²) in [6.07, 6.45) is 4.14. The van der Waals surface area contributed by atoms with Gasteiger partial charge in [-0.3, -0.25) is 0 Å². The highest BCUT2D eigenvalue weighted by Gasteiger charge is 2.37. The standard InChI is InChI=1S/C14H25N3O/c1-5-14(6-8-15-9-7-14)12-16-11(17-18-12)10-13(2,3)4/h15H,5-10H2,1-4H3. The van der Waals surface area contributed by atoms with Crippen LogP contribution in [0.2, 0.25) is 0 Å². The molecule has 1 aromatic heterocycles. The van der Waals surface area contributed by atoms with Crippen LogP contribution in [0, 0.1) is 5.41 Å². The Labute approximate surface area is 110 Å². The van der Waals surface area contributed by atoms with Gasteiger partial charge in [-0.25, -0.2) is 0 Å². The van der Waals surface area contributed by atoms with E-state index in [1.54, 1.807) is 0 Å². The van der Waals surface area contributed by atoms with Crippen molar-refractivity contribution in [2.45, 2.75) is 58.8 Å². The van der Waals surface area contributed by atoms with Crippen LogP contribution in [-0.2, 0) is 11.8 Å². The van der Waals surface area contributed by atoms with Gasteiger partial charge in [0.25, 0.3) is 0 Å². The van der Waals surface area contributed by atoms with Gasteiger partial charge in [0.2, 0.25) is 5.89 Å². The van der Waals surface area contributed by atoms with Gasteiger partial charge in [-0.05, 0) is 37.8 Å². The highest BCUT2D eigenvalue weighted by molar-refractivity contribution is 5.07. The fourth-order valence-corrected chi connectivity index (χ4v) is 2.64. The molecule has 1 aliphatic heterocycles. The summed E-state index contributed by atoms with van der Waals surface area (Å²) in [6, 6.07) is 0. The highest BCUT2D eigenvalue weighted by atomic mass is 16.5. The molecule has 102 valence electrons. The van der Waals surface area contributed by atoms with Crippen molar-refractivity contribution in [3.05, 3.63) is 11.7 Å². The van der Waals surface area contributed by atoms with Crippen LogP contribution in [0.1, 0.15) is 58.7 Å². The molecule has 2 rings (SSSR count). The third-order valence-corrected chi connectivity index (χ3v) is 3.85. The molecule has 4 heteroatoms. The normalized spacial score (nSPS) is 20.0. The van der Waals surface area contributed by atoms with Gasteiger partial charge in [0.15, 0.2) is 5.82 Å². The molecule has 0 atom stereocenters. The van der Waals surface area contributed by atoms with E-state index in [-0.39, 0.29) is 10.8 Å². The minimum atomic E-state index is 0.106. The molecule has 1 aliphatic rings. The lowest BCUT2D eigenvalue weighted by Crippen LogP contribution is -2.39. The van der Waals surface area contributed by atoms with Crippen molar-refractivity contribution in [2.24, 2.45) is 5.41 Å². The summed E-state index contributed by atoms with van der Waals surface area (Å²) in [5, 5.41) is 7.56. The van der Waals surface area contributed by atoms with E-state index in [0.717, 1.165) is 50.5 Å². The molecule has 4 nitrogen and oxygen atoms in total. The zero-order valence-corrected chi connectivity index (χ0v) is 12.0. The van der Waals surface area contributed by atoms with E-state index in [9.17, 15) is 0 Å². The van der Waals surface area contributed by atoms with E-state index in [2.05, 4.69) is 43.2 Å². The first-order valence-electron chi connectivity index (χ1n) is 6.99. The molecule has 0 amide bonds. The second-order valence-corrected chi connectivity index (χ2v) is 6.64. The largest absolute Gasteiger partial charge is 0.339 e. The zero-order chi connectivity index (χ0) is 13.2. The lowest BCUT2D eigenvalue weighted by molar-refractivity contribution is 0.215. The Balaban J connectivity index is 2.17. The van der Waals surface area contributed by atoms with Crippen molar-refractivity contribution in [1.29, 1.82) is 0 Å². The van der Waals surface area contributed by atoms with Gasteiger partial charge in [0.1, 0.15) is 0 Å². The molecule has 0 aliphatic carbocycles. The lowest BCUT2D eigenvalue weighted by Gasteiger charge is -2.33. The Hall–Kier alpha value is -0.900. The fraction of sp³-hybridized carbons (Fsp3) is 0.857. The van der Waals surface area contributed by atoms with Gasteiger partial charge >= 0.3 is 0 Å². The molecule has 0 spiro atoms. The molecule has 0 aromatic carbocycles. The van der Waals surface area contributed by atoms with Gasteiger partial charge in [0.05, 0.1) is 5.41 Å². The van der Waals surface area contributed by atoms with E-state index in [1.165, 1.54) is 0 Å². The molecule has 0 radical (unpaired) electrons. The Morgan fingerprint density at radius 3 is 2.50 bits per heavy atom. The second-order valence-electron chi connectivity index (χ2n) is 6.64. The third kappa shape index (κ3) is 2.91. The predicted octanol–water partition coefficient (Wildman–Crippen LogP) is 2.69. The van der Waals surface area contributed by atoms with Crippen molar-refractivity contribution >= 4 is 0 Å². The first-order chi connectivity index (χ1) is 8.45. The molecule has 1 aromatic rings. The number of aromatic nitrogens is 2. The van der Waals surface area contributed by atoms with Crippen LogP contribution < -0.4 is 5.32 Å². The maximum Gasteiger partial charge on any atom is 0.232 e. The van der Waals surface area contributed by atoms with Crippen LogP contribution in [0.5, 0.6) is 0 Å². The van der Waals surface area contributed by atoms with Gasteiger partial charge in [-0.15, -0.1) is 0 Å². The van der Waals surface area contributed by atoms with Crippen LogP contribution in [0.25, 0.3) is 0 Å². The summed E-state index contributed by atoms with van der Waals surface area (Å²) >= 11 is 0. The monoisotopic (exact) mass is 251 g/mol. The highest BCUT2D eigenvalue weighted by Crippen LogP contribution is 2.35. The van der Waals surface area contributed by atoms with Crippen molar-refractivity contribution < 1.29 is 4.52 Å². The summed E-state index contributed by atoms with van der Waals surface area (Å²) in [4.78, 5) is 4.66. The van der Waals surface area contributed by atoms with Crippen LogP contribution in [0.15, 0.2) is 4.52 Å². The minimum Gasteiger partial charge on any atom is -0.339 e. The molecular formula is C14H25N3O. The molecule has 1 N–H and O–H groups in total. The van der Waals surface area contributed by atoms with Crippen molar-refractivity contribution in [3.8, 4) is 0 Å². The first-order valence-corrected chi connectivity index (χ1v) is 6.99. The van der Waals surface area contributed by atoms with Crippen LogP contribution in [0.4, 0.5) is 0 Å². The lowest BCUT2D eigenvalue weighted by atomic mass is 9.76. The van der Waals surface area contributed by atoms with Gasteiger partial charge < -0.3 is 9.84 Å². The quantitative estimate of drug-likeness (QED) is 0.897. The summed E-state index contributed by atoms with van der Waals surface area (Å²) in [5.74, 6) is 1.70. The summed E-state index contributed by atoms with van der Waals surface area (Å²) in [5.41, 5.74) is 0.309. The van der Waals surface area contributed by atoms with Crippen molar-refractivity contribution in [1.82, 2.24) is 15.5 Å². The third-order valence-electron chi connectivity index (χ3n) is 3.85. The van der Waals surface area contributed by atoms with Crippen LogP contribution >= 0.6 is 0 Å². The van der Waals surface area contributed by atoms with E-state index in [0.29, 0.717) is 0 Å². The molecule has 18 heavy (non-hydrogen) atoms. The van der Waals surface area contributed by atoms with E-state index in [4.69, 9.17) is 4.52 Å². The Morgan fingerprint density at radius 1 is 1.28 bits per heavy atom. The summed E-state index contributed by atoms with van der Waals surface area (Å²) in [7, 11) is 0. The average molecular weight is 251 g/mol. The average Bonchev–Trinajstić information content (AvgIpc) is 2.76. The van der Waals surface area contributed by atoms with Crippen molar-refractivity contribution in [2.75, 3.05) is 13.1 Å². The predicted molar refractivity (Wildman–Crippen MR) is 71.5 cm³/mol. The van der Waals surface area contributed by atoms with E-state index in [1.807, 2.05) is 0 Å². The smallest absolute Gasteiger partial charge is 0.232 e. The molecule has 0 unspecified atom stereocenters. The van der Waals surface area contributed by atoms with Gasteiger partial charge in [0, 0.05) is 6.42 Å². The summed E-state index contributed by atoms with van der Waals surface area (Å²) < 4.78 is 5.56. The molecule has 2 heterocycles. The SMILES string of the molecule is CCC1(c2nc(CC(C)(C)C)no2)CCNCC1. The van der Waals surface area contributed by atoms with Crippen LogP contribution in [0.3, 0.4) is 0 Å². The number of hydrogen-bond acceptors (Lipinski definition) is 4. The number of hydrogen-bond donors (Lipinski definition) is 1. The molecule has 1 saturated heterocycles. The Kier molecular flexibility index (Phi) is 3.76. The van der Waals surface area contributed by atoms with Gasteiger partial charge in [-0.2, -0.15) is 4.98 Å². The Morgan fingerprint density at radius 2 is 1.94 bits per heavy atom. The van der Waals surface area contributed by atoms with Crippen LogP contribution in [-0.4, -0.2) is 23.2 Å².